The molecule has 0 fully saturated rings. The molecule has 0 aliphatic rings. The van der Waals surface area contributed by atoms with Crippen molar-refractivity contribution in [2.24, 2.45) is 0 Å². The van der Waals surface area contributed by atoms with Crippen molar-refractivity contribution in [2.45, 2.75) is 186 Å². The lowest BCUT2D eigenvalue weighted by Crippen LogP contribution is -2.50. The predicted octanol–water partition coefficient (Wildman–Crippen LogP) is 8.60. The Morgan fingerprint density at radius 1 is 0.628 bits per heavy atom. The molecule has 0 aromatic heterocycles. The summed E-state index contributed by atoms with van der Waals surface area (Å²) in [4.78, 5) is 12.5. The third-order valence-corrected chi connectivity index (χ3v) is 8.76. The van der Waals surface area contributed by atoms with Gasteiger partial charge in [0.2, 0.25) is 5.91 Å². The smallest absolute Gasteiger partial charge is 0.267 e. The van der Waals surface area contributed by atoms with E-state index in [1.807, 2.05) is 0 Å². The second-order valence-electron chi connectivity index (χ2n) is 12.3. The number of carbonyl (C=O) groups is 1. The maximum absolute atomic E-state index is 12.5. The summed E-state index contributed by atoms with van der Waals surface area (Å²) in [5, 5.41) is 23.2. The van der Waals surface area contributed by atoms with Gasteiger partial charge in [-0.15, -0.1) is 0 Å². The summed E-state index contributed by atoms with van der Waals surface area (Å²) in [5.41, 5.74) is 0. The molecular formula is C35H67NO6S. The number of hydrogen-bond donors (Lipinski definition) is 4. The van der Waals surface area contributed by atoms with E-state index in [1.54, 1.807) is 6.08 Å². The first kappa shape index (κ1) is 41.8. The first-order chi connectivity index (χ1) is 20.7. The first-order valence-electron chi connectivity index (χ1n) is 17.6. The van der Waals surface area contributed by atoms with Gasteiger partial charge in [0.1, 0.15) is 6.10 Å². The number of amides is 1. The van der Waals surface area contributed by atoms with Crippen LogP contribution in [0.15, 0.2) is 24.3 Å². The normalized spacial score (nSPS) is 14.4. The van der Waals surface area contributed by atoms with Gasteiger partial charge in [0, 0.05) is 0 Å². The number of hydrogen-bond acceptors (Lipinski definition) is 5. The van der Waals surface area contributed by atoms with E-state index in [1.165, 1.54) is 96.0 Å². The molecule has 0 rings (SSSR count). The second-order valence-corrected chi connectivity index (χ2v) is 13.8. The fourth-order valence-electron chi connectivity index (χ4n) is 5.21. The third-order valence-electron chi connectivity index (χ3n) is 7.98. The van der Waals surface area contributed by atoms with Crippen molar-refractivity contribution < 1.29 is 28.0 Å². The zero-order valence-electron chi connectivity index (χ0n) is 27.7. The summed E-state index contributed by atoms with van der Waals surface area (Å²) < 4.78 is 32.3. The monoisotopic (exact) mass is 629 g/mol. The molecule has 1 amide bonds. The van der Waals surface area contributed by atoms with Crippen molar-refractivity contribution in [3.8, 4) is 0 Å². The van der Waals surface area contributed by atoms with Gasteiger partial charge in [0.05, 0.1) is 17.9 Å². The van der Waals surface area contributed by atoms with Crippen LogP contribution in [0.2, 0.25) is 0 Å². The molecular weight excluding hydrogens is 562 g/mol. The number of aliphatic hydroxyl groups is 2. The average Bonchev–Trinajstić information content (AvgIpc) is 2.96. The van der Waals surface area contributed by atoms with E-state index < -0.39 is 40.0 Å². The van der Waals surface area contributed by atoms with Crippen molar-refractivity contribution in [1.29, 1.82) is 0 Å². The maximum Gasteiger partial charge on any atom is 0.267 e. The fourth-order valence-corrected chi connectivity index (χ4v) is 5.95. The van der Waals surface area contributed by atoms with Gasteiger partial charge in [0.15, 0.2) is 0 Å². The molecule has 0 aromatic rings. The molecule has 0 aliphatic heterocycles. The van der Waals surface area contributed by atoms with E-state index >= 15 is 0 Å². The maximum atomic E-state index is 12.5. The van der Waals surface area contributed by atoms with E-state index in [0.29, 0.717) is 6.42 Å². The Bertz CT molecular complexity index is 798. The van der Waals surface area contributed by atoms with Crippen LogP contribution in [-0.2, 0) is 14.9 Å². The topological polar surface area (TPSA) is 124 Å². The van der Waals surface area contributed by atoms with Gasteiger partial charge in [-0.3, -0.25) is 9.35 Å². The largest absolute Gasteiger partial charge is 0.387 e. The highest BCUT2D eigenvalue weighted by Gasteiger charge is 2.27. The number of unbranched alkanes of at least 4 members (excludes halogenated alkanes) is 20. The van der Waals surface area contributed by atoms with Crippen LogP contribution in [0.4, 0.5) is 0 Å². The van der Waals surface area contributed by atoms with Crippen LogP contribution in [-0.4, -0.2) is 53.1 Å². The molecule has 0 aromatic carbocycles. The van der Waals surface area contributed by atoms with E-state index in [9.17, 15) is 28.0 Å². The summed E-state index contributed by atoms with van der Waals surface area (Å²) in [5.74, 6) is -1.55. The Morgan fingerprint density at radius 3 is 1.51 bits per heavy atom. The minimum atomic E-state index is -4.43. The SMILES string of the molecule is CCCCC/C=C\CCCCCCC(O)C(=O)NC(CS(=O)(=O)O)C(O)/C=C/CCCCCCCCCCCCCCC. The van der Waals surface area contributed by atoms with E-state index in [2.05, 4.69) is 31.3 Å². The molecule has 0 aliphatic carbocycles. The Labute approximate surface area is 265 Å². The Kier molecular flexibility index (Phi) is 28.7. The molecule has 3 atom stereocenters. The number of carbonyl (C=O) groups excluding carboxylic acids is 1. The van der Waals surface area contributed by atoms with Crippen molar-refractivity contribution in [1.82, 2.24) is 5.32 Å². The summed E-state index contributed by atoms with van der Waals surface area (Å²) in [7, 11) is -4.43. The van der Waals surface area contributed by atoms with E-state index in [4.69, 9.17) is 0 Å². The first-order valence-corrected chi connectivity index (χ1v) is 19.3. The zero-order valence-corrected chi connectivity index (χ0v) is 28.5. The molecule has 4 N–H and O–H groups in total. The number of rotatable bonds is 31. The Hall–Kier alpha value is -1.22. The highest BCUT2D eigenvalue weighted by atomic mass is 32.2. The third kappa shape index (κ3) is 29.3. The average molecular weight is 630 g/mol. The van der Waals surface area contributed by atoms with Crippen molar-refractivity contribution in [3.63, 3.8) is 0 Å². The Morgan fingerprint density at radius 2 is 1.02 bits per heavy atom. The van der Waals surface area contributed by atoms with Gasteiger partial charge >= 0.3 is 0 Å². The van der Waals surface area contributed by atoms with Crippen LogP contribution in [0.1, 0.15) is 168 Å². The molecule has 0 saturated heterocycles. The summed E-state index contributed by atoms with van der Waals surface area (Å²) in [6.45, 7) is 4.45. The van der Waals surface area contributed by atoms with Gasteiger partial charge in [0.25, 0.3) is 10.1 Å². The summed E-state index contributed by atoms with van der Waals surface area (Å²) >= 11 is 0. The summed E-state index contributed by atoms with van der Waals surface area (Å²) in [6, 6.07) is -1.23. The lowest BCUT2D eigenvalue weighted by molar-refractivity contribution is -0.130. The quantitative estimate of drug-likeness (QED) is 0.0346. The fraction of sp³-hybridized carbons (Fsp3) is 0.857. The lowest BCUT2D eigenvalue weighted by Gasteiger charge is -2.22. The molecule has 0 heterocycles. The summed E-state index contributed by atoms with van der Waals surface area (Å²) in [6.07, 6.45) is 32.3. The van der Waals surface area contributed by atoms with Crippen LogP contribution in [0.3, 0.4) is 0 Å². The molecule has 0 spiro atoms. The van der Waals surface area contributed by atoms with Gasteiger partial charge < -0.3 is 15.5 Å². The highest BCUT2D eigenvalue weighted by molar-refractivity contribution is 7.85. The van der Waals surface area contributed by atoms with Crippen LogP contribution < -0.4 is 5.32 Å². The molecule has 8 heteroatoms. The van der Waals surface area contributed by atoms with Gasteiger partial charge in [-0.25, -0.2) is 0 Å². The lowest BCUT2D eigenvalue weighted by atomic mass is 10.0. The molecule has 0 bridgehead atoms. The number of nitrogens with one attached hydrogen (secondary N) is 1. The predicted molar refractivity (Wildman–Crippen MR) is 181 cm³/mol. The van der Waals surface area contributed by atoms with Crippen molar-refractivity contribution >= 4 is 16.0 Å². The number of allylic oxidation sites excluding steroid dienone is 3. The van der Waals surface area contributed by atoms with Crippen molar-refractivity contribution in [3.05, 3.63) is 24.3 Å². The van der Waals surface area contributed by atoms with Crippen molar-refractivity contribution in [2.75, 3.05) is 5.75 Å². The molecule has 254 valence electrons. The molecule has 3 unspecified atom stereocenters. The molecule has 0 radical (unpaired) electrons. The zero-order chi connectivity index (χ0) is 32.0. The van der Waals surface area contributed by atoms with Gasteiger partial charge in [-0.1, -0.05) is 147 Å². The van der Waals surface area contributed by atoms with Crippen LogP contribution in [0, 0.1) is 0 Å². The molecule has 43 heavy (non-hydrogen) atoms. The van der Waals surface area contributed by atoms with Crippen LogP contribution >= 0.6 is 0 Å². The standard InChI is InChI=1S/C35H67NO6S/c1-3-5-7-9-11-13-15-16-17-18-20-21-23-25-27-29-33(37)32(31-43(40,41)42)36-35(39)34(38)30-28-26-24-22-19-14-12-10-8-6-4-2/h12,14,27,29,32-34,37-38H,3-11,13,15-26,28,30-31H2,1-2H3,(H,36,39)(H,40,41,42)/b14-12-,29-27+. The minimum Gasteiger partial charge on any atom is -0.387 e. The van der Waals surface area contributed by atoms with Crippen LogP contribution in [0.25, 0.3) is 0 Å². The van der Waals surface area contributed by atoms with Crippen LogP contribution in [0.5, 0.6) is 0 Å². The van der Waals surface area contributed by atoms with E-state index in [0.717, 1.165) is 51.4 Å². The van der Waals surface area contributed by atoms with Gasteiger partial charge in [-0.2, -0.15) is 8.42 Å². The second kappa shape index (κ2) is 29.5. The Balaban J connectivity index is 4.17. The van der Waals surface area contributed by atoms with Gasteiger partial charge in [-0.05, 0) is 44.9 Å². The highest BCUT2D eigenvalue weighted by Crippen LogP contribution is 2.14. The molecule has 0 saturated carbocycles. The molecule has 7 nitrogen and oxygen atoms in total. The van der Waals surface area contributed by atoms with E-state index in [-0.39, 0.29) is 6.42 Å². The number of aliphatic hydroxyl groups excluding tert-OH is 2. The minimum absolute atomic E-state index is 0.266.